The lowest BCUT2D eigenvalue weighted by Crippen LogP contribution is -2.15. The van der Waals surface area contributed by atoms with Gasteiger partial charge in [-0.25, -0.2) is 0 Å². The number of carbonyl (C=O) groups excluding carboxylic acids is 1. The van der Waals surface area contributed by atoms with Crippen molar-refractivity contribution >= 4 is 16.9 Å². The molecule has 0 N–H and O–H groups in total. The van der Waals surface area contributed by atoms with Gasteiger partial charge in [0.1, 0.15) is 12.3 Å². The van der Waals surface area contributed by atoms with Crippen LogP contribution >= 0.6 is 0 Å². The number of hydrogen-bond donors (Lipinski definition) is 0. The van der Waals surface area contributed by atoms with Crippen molar-refractivity contribution in [1.29, 1.82) is 0 Å². The van der Waals surface area contributed by atoms with Crippen LogP contribution in [0.3, 0.4) is 0 Å². The molecule has 5 nitrogen and oxygen atoms in total. The highest BCUT2D eigenvalue weighted by Crippen LogP contribution is 2.18. The Morgan fingerprint density at radius 1 is 1.32 bits per heavy atom. The van der Waals surface area contributed by atoms with Gasteiger partial charge in [-0.15, -0.1) is 0 Å². The summed E-state index contributed by atoms with van der Waals surface area (Å²) in [5.74, 6) is 0.279. The summed E-state index contributed by atoms with van der Waals surface area (Å²) in [4.78, 5) is 23.2. The van der Waals surface area contributed by atoms with E-state index in [4.69, 9.17) is 4.74 Å². The van der Waals surface area contributed by atoms with Crippen molar-refractivity contribution in [2.45, 2.75) is 13.5 Å². The molecule has 0 spiro atoms. The monoisotopic (exact) mass is 261 g/mol. The van der Waals surface area contributed by atoms with Gasteiger partial charge in [-0.05, 0) is 25.1 Å². The standard InChI is InChI=1S/C14H15NO4/c1-3-19-10-4-5-12-11(8-10)13(16)6-7-15(12)9-14(17)18-2/h4-8H,3,9H2,1-2H3. The molecule has 5 heteroatoms. The maximum Gasteiger partial charge on any atom is 0.325 e. The van der Waals surface area contributed by atoms with Crippen molar-refractivity contribution < 1.29 is 14.3 Å². The summed E-state index contributed by atoms with van der Waals surface area (Å²) in [7, 11) is 1.33. The topological polar surface area (TPSA) is 57.5 Å². The quantitative estimate of drug-likeness (QED) is 0.784. The number of hydrogen-bond acceptors (Lipinski definition) is 4. The zero-order valence-electron chi connectivity index (χ0n) is 10.9. The number of benzene rings is 1. The molecule has 0 aliphatic carbocycles. The highest BCUT2D eigenvalue weighted by atomic mass is 16.5. The number of aromatic nitrogens is 1. The molecular formula is C14H15NO4. The van der Waals surface area contributed by atoms with Crippen LogP contribution in [0.15, 0.2) is 35.3 Å². The Kier molecular flexibility index (Phi) is 3.85. The van der Waals surface area contributed by atoms with Gasteiger partial charge in [-0.3, -0.25) is 9.59 Å². The number of methoxy groups -OCH3 is 1. The molecule has 0 bridgehead atoms. The minimum absolute atomic E-state index is 0.0707. The van der Waals surface area contributed by atoms with Crippen LogP contribution in [0.2, 0.25) is 0 Å². The Labute approximate surface area is 110 Å². The molecule has 0 saturated carbocycles. The first-order chi connectivity index (χ1) is 9.15. The molecule has 0 amide bonds. The van der Waals surface area contributed by atoms with Gasteiger partial charge in [0.15, 0.2) is 5.43 Å². The molecule has 0 fully saturated rings. The van der Waals surface area contributed by atoms with Crippen LogP contribution in [0.5, 0.6) is 5.75 Å². The van der Waals surface area contributed by atoms with E-state index in [0.717, 1.165) is 0 Å². The smallest absolute Gasteiger partial charge is 0.325 e. The van der Waals surface area contributed by atoms with Gasteiger partial charge in [0, 0.05) is 17.6 Å². The maximum atomic E-state index is 11.9. The lowest BCUT2D eigenvalue weighted by Gasteiger charge is -2.10. The fraction of sp³-hybridized carbons (Fsp3) is 0.286. The lowest BCUT2D eigenvalue weighted by molar-refractivity contribution is -0.141. The van der Waals surface area contributed by atoms with Gasteiger partial charge in [-0.2, -0.15) is 0 Å². The molecule has 2 aromatic rings. The Balaban J connectivity index is 2.53. The van der Waals surface area contributed by atoms with Crippen LogP contribution in [0.25, 0.3) is 10.9 Å². The number of carbonyl (C=O) groups is 1. The van der Waals surface area contributed by atoms with E-state index in [9.17, 15) is 9.59 Å². The predicted molar refractivity (Wildman–Crippen MR) is 71.4 cm³/mol. The van der Waals surface area contributed by atoms with Gasteiger partial charge >= 0.3 is 5.97 Å². The molecule has 100 valence electrons. The number of nitrogens with zero attached hydrogens (tertiary/aromatic N) is 1. The van der Waals surface area contributed by atoms with Gasteiger partial charge in [0.05, 0.1) is 19.2 Å². The minimum Gasteiger partial charge on any atom is -0.494 e. The molecule has 0 unspecified atom stereocenters. The normalized spacial score (nSPS) is 10.4. The maximum absolute atomic E-state index is 11.9. The van der Waals surface area contributed by atoms with Crippen LogP contribution < -0.4 is 10.2 Å². The molecule has 0 radical (unpaired) electrons. The molecule has 0 atom stereocenters. The molecule has 0 aliphatic rings. The van der Waals surface area contributed by atoms with Crippen molar-refractivity contribution in [2.75, 3.05) is 13.7 Å². The largest absolute Gasteiger partial charge is 0.494 e. The molecular weight excluding hydrogens is 246 g/mol. The third kappa shape index (κ3) is 2.76. The molecule has 1 aromatic heterocycles. The second-order valence-corrected chi connectivity index (χ2v) is 4.00. The van der Waals surface area contributed by atoms with E-state index in [1.54, 1.807) is 29.0 Å². The van der Waals surface area contributed by atoms with Crippen LogP contribution in [0.1, 0.15) is 6.92 Å². The summed E-state index contributed by atoms with van der Waals surface area (Å²) in [6.45, 7) is 2.49. The number of pyridine rings is 1. The molecule has 0 aliphatic heterocycles. The highest BCUT2D eigenvalue weighted by Gasteiger charge is 2.08. The first kappa shape index (κ1) is 13.1. The van der Waals surface area contributed by atoms with Gasteiger partial charge < -0.3 is 14.0 Å². The van der Waals surface area contributed by atoms with E-state index < -0.39 is 0 Å². The third-order valence-electron chi connectivity index (χ3n) is 2.79. The lowest BCUT2D eigenvalue weighted by atomic mass is 10.2. The van der Waals surface area contributed by atoms with E-state index in [0.29, 0.717) is 23.3 Å². The van der Waals surface area contributed by atoms with Crippen LogP contribution in [-0.4, -0.2) is 24.3 Å². The Hall–Kier alpha value is -2.30. The van der Waals surface area contributed by atoms with Crippen LogP contribution in [0.4, 0.5) is 0 Å². The summed E-state index contributed by atoms with van der Waals surface area (Å²) >= 11 is 0. The zero-order chi connectivity index (χ0) is 13.8. The highest BCUT2D eigenvalue weighted by molar-refractivity contribution is 5.82. The Morgan fingerprint density at radius 2 is 2.11 bits per heavy atom. The van der Waals surface area contributed by atoms with Crippen molar-refractivity contribution in [3.05, 3.63) is 40.7 Å². The SMILES string of the molecule is CCOc1ccc2c(c1)c(=O)ccn2CC(=O)OC. The molecule has 1 heterocycles. The van der Waals surface area contributed by atoms with Gasteiger partial charge in [0.25, 0.3) is 0 Å². The average Bonchev–Trinajstić information content (AvgIpc) is 2.42. The van der Waals surface area contributed by atoms with E-state index in [-0.39, 0.29) is 17.9 Å². The Bertz CT molecular complexity index is 660. The summed E-state index contributed by atoms with van der Waals surface area (Å²) in [5.41, 5.74) is 0.582. The van der Waals surface area contributed by atoms with E-state index >= 15 is 0 Å². The van der Waals surface area contributed by atoms with E-state index in [1.165, 1.54) is 13.2 Å². The van der Waals surface area contributed by atoms with Crippen LogP contribution in [0, 0.1) is 0 Å². The number of fused-ring (bicyclic) bond motifs is 1. The summed E-state index contributed by atoms with van der Waals surface area (Å²) in [5, 5.41) is 0.525. The second kappa shape index (κ2) is 5.56. The average molecular weight is 261 g/mol. The summed E-state index contributed by atoms with van der Waals surface area (Å²) < 4.78 is 11.7. The minimum atomic E-state index is -0.362. The number of ether oxygens (including phenoxy) is 2. The molecule has 1 aromatic carbocycles. The second-order valence-electron chi connectivity index (χ2n) is 4.00. The predicted octanol–water partition coefficient (Wildman–Crippen LogP) is 1.57. The van der Waals surface area contributed by atoms with Gasteiger partial charge in [0.2, 0.25) is 0 Å². The molecule has 19 heavy (non-hydrogen) atoms. The zero-order valence-corrected chi connectivity index (χ0v) is 10.9. The van der Waals surface area contributed by atoms with Crippen molar-refractivity contribution in [2.24, 2.45) is 0 Å². The first-order valence-electron chi connectivity index (χ1n) is 5.98. The van der Waals surface area contributed by atoms with Gasteiger partial charge in [-0.1, -0.05) is 0 Å². The fourth-order valence-electron chi connectivity index (χ4n) is 1.89. The van der Waals surface area contributed by atoms with Crippen molar-refractivity contribution in [3.63, 3.8) is 0 Å². The molecule has 2 rings (SSSR count). The molecule has 0 saturated heterocycles. The van der Waals surface area contributed by atoms with Crippen molar-refractivity contribution in [3.8, 4) is 5.75 Å². The van der Waals surface area contributed by atoms with E-state index in [2.05, 4.69) is 4.74 Å². The third-order valence-corrected chi connectivity index (χ3v) is 2.79. The fourth-order valence-corrected chi connectivity index (χ4v) is 1.89. The summed E-state index contributed by atoms with van der Waals surface area (Å²) in [6.07, 6.45) is 1.59. The Morgan fingerprint density at radius 3 is 2.79 bits per heavy atom. The number of esters is 1. The number of rotatable bonds is 4. The van der Waals surface area contributed by atoms with E-state index in [1.807, 2.05) is 6.92 Å². The summed E-state index contributed by atoms with van der Waals surface area (Å²) in [6, 6.07) is 6.67. The first-order valence-corrected chi connectivity index (χ1v) is 5.98. The van der Waals surface area contributed by atoms with Crippen LogP contribution in [-0.2, 0) is 16.1 Å². The van der Waals surface area contributed by atoms with Crippen molar-refractivity contribution in [1.82, 2.24) is 4.57 Å².